The molecule has 0 aliphatic heterocycles. The number of allylic oxidation sites excluding steroid dienone is 8. The van der Waals surface area contributed by atoms with Crippen molar-refractivity contribution in [2.45, 2.75) is 206 Å². The number of esters is 1. The van der Waals surface area contributed by atoms with Crippen molar-refractivity contribution >= 4 is 19.8 Å². The van der Waals surface area contributed by atoms with Crippen molar-refractivity contribution in [1.29, 1.82) is 0 Å². The SMILES string of the molecule is CCC/C=C\C/C=C\CCCCCCCC(=O)OC(COCCCCCCCCCCCC/C=C\C/C=C\CCCCCCC)COP(=O)(O)OCC(N)C(=O)O. The average Bonchev–Trinajstić information content (AvgIpc) is 3.19. The molecule has 0 aliphatic carbocycles. The number of rotatable bonds is 43. The number of aliphatic carboxylic acids is 1. The molecule has 0 heterocycles. The van der Waals surface area contributed by atoms with Crippen LogP contribution in [0.1, 0.15) is 194 Å². The third-order valence-electron chi connectivity index (χ3n) is 9.56. The Morgan fingerprint density at radius 2 is 1.00 bits per heavy atom. The highest BCUT2D eigenvalue weighted by molar-refractivity contribution is 7.47. The number of carbonyl (C=O) groups excluding carboxylic acids is 1. The zero-order valence-electron chi connectivity index (χ0n) is 36.2. The van der Waals surface area contributed by atoms with E-state index in [-0.39, 0.29) is 13.0 Å². The highest BCUT2D eigenvalue weighted by atomic mass is 31.2. The minimum Gasteiger partial charge on any atom is -0.480 e. The van der Waals surface area contributed by atoms with E-state index in [4.69, 9.17) is 29.4 Å². The van der Waals surface area contributed by atoms with Crippen LogP contribution in [0.5, 0.6) is 0 Å². The summed E-state index contributed by atoms with van der Waals surface area (Å²) in [5.74, 6) is -1.79. The van der Waals surface area contributed by atoms with Gasteiger partial charge in [0.25, 0.3) is 0 Å². The number of unbranched alkanes of at least 4 members (excludes halogenated alkanes) is 21. The van der Waals surface area contributed by atoms with E-state index in [2.05, 4.69) is 62.5 Å². The largest absolute Gasteiger partial charge is 0.480 e. The Bertz CT molecular complexity index is 1090. The minimum atomic E-state index is -4.62. The maximum absolute atomic E-state index is 12.6. The van der Waals surface area contributed by atoms with Crippen molar-refractivity contribution in [2.75, 3.05) is 26.4 Å². The first kappa shape index (κ1) is 54.9. The lowest BCUT2D eigenvalue weighted by atomic mass is 10.1. The lowest BCUT2D eigenvalue weighted by Crippen LogP contribution is -2.34. The smallest absolute Gasteiger partial charge is 0.472 e. The second kappa shape index (κ2) is 42.1. The molecule has 0 aromatic heterocycles. The summed E-state index contributed by atoms with van der Waals surface area (Å²) in [5, 5.41) is 8.90. The standard InChI is InChI=1S/C46H84NO9P/c1-3-5-7-9-11-13-15-17-18-19-20-21-22-23-24-25-27-29-31-33-35-37-39-53-40-43(41-54-57(51,52)55-42-44(47)46(49)50)56-45(48)38-36-34-32-30-28-26-16-14-12-10-8-6-4-2/h8,10,14-17,19-20,43-44H,3-7,9,11-13,18,21-42,47H2,1-2H3,(H,49,50)(H,51,52)/b10-8-,16-14-,17-15-,20-19-. The van der Waals surface area contributed by atoms with E-state index in [9.17, 15) is 19.0 Å². The molecule has 10 nitrogen and oxygen atoms in total. The molecule has 0 aliphatic rings. The fourth-order valence-corrected chi connectivity index (χ4v) is 6.80. The molecule has 0 bridgehead atoms. The topological polar surface area (TPSA) is 155 Å². The van der Waals surface area contributed by atoms with Gasteiger partial charge in [-0.25, -0.2) is 4.57 Å². The summed E-state index contributed by atoms with van der Waals surface area (Å²) in [5.41, 5.74) is 5.35. The lowest BCUT2D eigenvalue weighted by Gasteiger charge is -2.20. The Morgan fingerprint density at radius 1 is 0.561 bits per heavy atom. The Labute approximate surface area is 348 Å². The van der Waals surface area contributed by atoms with Crippen molar-refractivity contribution < 1.29 is 42.7 Å². The van der Waals surface area contributed by atoms with Crippen molar-refractivity contribution in [3.05, 3.63) is 48.6 Å². The lowest BCUT2D eigenvalue weighted by molar-refractivity contribution is -0.154. The highest BCUT2D eigenvalue weighted by Gasteiger charge is 2.27. The maximum Gasteiger partial charge on any atom is 0.472 e. The molecule has 0 rings (SSSR count). The predicted molar refractivity (Wildman–Crippen MR) is 235 cm³/mol. The number of carbonyl (C=O) groups is 2. The average molecular weight is 826 g/mol. The van der Waals surface area contributed by atoms with Crippen molar-refractivity contribution in [1.82, 2.24) is 0 Å². The number of carboxylic acids is 1. The zero-order chi connectivity index (χ0) is 41.9. The fraction of sp³-hybridized carbons (Fsp3) is 0.783. The molecule has 11 heteroatoms. The van der Waals surface area contributed by atoms with E-state index < -0.39 is 45.1 Å². The molecule has 57 heavy (non-hydrogen) atoms. The van der Waals surface area contributed by atoms with Gasteiger partial charge in [0.05, 0.1) is 19.8 Å². The molecule has 0 radical (unpaired) electrons. The minimum absolute atomic E-state index is 0.00832. The van der Waals surface area contributed by atoms with Gasteiger partial charge in [0.2, 0.25) is 0 Å². The summed E-state index contributed by atoms with van der Waals surface area (Å²) in [7, 11) is -4.62. The van der Waals surface area contributed by atoms with Crippen LogP contribution < -0.4 is 5.73 Å². The number of ether oxygens (including phenoxy) is 2. The Kier molecular flexibility index (Phi) is 40.5. The second-order valence-corrected chi connectivity index (χ2v) is 16.6. The Balaban J connectivity index is 4.17. The van der Waals surface area contributed by atoms with Gasteiger partial charge in [-0.2, -0.15) is 0 Å². The summed E-state index contributed by atoms with van der Waals surface area (Å²) < 4.78 is 33.3. The van der Waals surface area contributed by atoms with Crippen LogP contribution in [-0.2, 0) is 32.7 Å². The molecule has 0 aromatic rings. The van der Waals surface area contributed by atoms with Crippen LogP contribution in [-0.4, -0.2) is 60.5 Å². The predicted octanol–water partition coefficient (Wildman–Crippen LogP) is 12.6. The van der Waals surface area contributed by atoms with Gasteiger partial charge in [-0.3, -0.25) is 18.6 Å². The van der Waals surface area contributed by atoms with Crippen molar-refractivity contribution in [3.63, 3.8) is 0 Å². The molecular formula is C46H84NO9P. The number of hydrogen-bond acceptors (Lipinski definition) is 8. The van der Waals surface area contributed by atoms with E-state index in [1.165, 1.54) is 96.3 Å². The first-order valence-corrected chi connectivity index (χ1v) is 24.2. The monoisotopic (exact) mass is 826 g/mol. The Morgan fingerprint density at radius 3 is 1.49 bits per heavy atom. The number of nitrogens with two attached hydrogens (primary N) is 1. The summed E-state index contributed by atoms with van der Waals surface area (Å²) in [6.45, 7) is 3.78. The molecule has 0 saturated heterocycles. The van der Waals surface area contributed by atoms with E-state index >= 15 is 0 Å². The number of phosphoric ester groups is 1. The van der Waals surface area contributed by atoms with Gasteiger partial charge in [-0.05, 0) is 70.6 Å². The van der Waals surface area contributed by atoms with Crippen LogP contribution >= 0.6 is 7.82 Å². The first-order valence-electron chi connectivity index (χ1n) is 22.7. The molecule has 0 aromatic carbocycles. The van der Waals surface area contributed by atoms with Crippen LogP contribution in [0, 0.1) is 0 Å². The second-order valence-electron chi connectivity index (χ2n) is 15.2. The third kappa shape index (κ3) is 41.9. The molecule has 332 valence electrons. The van der Waals surface area contributed by atoms with Crippen molar-refractivity contribution in [3.8, 4) is 0 Å². The number of carboxylic acid groups (broad SMARTS) is 1. The zero-order valence-corrected chi connectivity index (χ0v) is 37.1. The highest BCUT2D eigenvalue weighted by Crippen LogP contribution is 2.43. The van der Waals surface area contributed by atoms with Crippen LogP contribution in [0.2, 0.25) is 0 Å². The van der Waals surface area contributed by atoms with Crippen LogP contribution in [0.4, 0.5) is 0 Å². The molecule has 0 amide bonds. The Hall–Kier alpha value is -2.07. The number of hydrogen-bond donors (Lipinski definition) is 3. The van der Waals surface area contributed by atoms with Gasteiger partial charge in [0, 0.05) is 13.0 Å². The molecule has 0 fully saturated rings. The van der Waals surface area contributed by atoms with Gasteiger partial charge >= 0.3 is 19.8 Å². The van der Waals surface area contributed by atoms with Gasteiger partial charge in [-0.1, -0.05) is 165 Å². The van der Waals surface area contributed by atoms with Crippen LogP contribution in [0.25, 0.3) is 0 Å². The van der Waals surface area contributed by atoms with Gasteiger partial charge in [0.1, 0.15) is 12.1 Å². The summed E-state index contributed by atoms with van der Waals surface area (Å²) >= 11 is 0. The quantitative estimate of drug-likeness (QED) is 0.0234. The summed E-state index contributed by atoms with van der Waals surface area (Å²) in [6.07, 6.45) is 48.8. The van der Waals surface area contributed by atoms with E-state index in [1.807, 2.05) is 0 Å². The van der Waals surface area contributed by atoms with Crippen LogP contribution in [0.3, 0.4) is 0 Å². The van der Waals surface area contributed by atoms with E-state index in [1.54, 1.807) is 0 Å². The normalized spacial score (nSPS) is 14.3. The fourth-order valence-electron chi connectivity index (χ4n) is 6.02. The summed E-state index contributed by atoms with van der Waals surface area (Å²) in [4.78, 5) is 33.5. The van der Waals surface area contributed by atoms with E-state index in [0.717, 1.165) is 70.6 Å². The van der Waals surface area contributed by atoms with Gasteiger partial charge in [-0.15, -0.1) is 0 Å². The molecular weight excluding hydrogens is 741 g/mol. The molecule has 3 unspecified atom stereocenters. The molecule has 3 atom stereocenters. The summed E-state index contributed by atoms with van der Waals surface area (Å²) in [6, 6.07) is -1.48. The van der Waals surface area contributed by atoms with Gasteiger partial charge in [0.15, 0.2) is 0 Å². The first-order chi connectivity index (χ1) is 27.7. The number of phosphoric acid groups is 1. The third-order valence-corrected chi connectivity index (χ3v) is 10.5. The molecule has 0 saturated carbocycles. The van der Waals surface area contributed by atoms with Gasteiger partial charge < -0.3 is 25.2 Å². The van der Waals surface area contributed by atoms with E-state index in [0.29, 0.717) is 13.0 Å². The molecule has 4 N–H and O–H groups in total. The molecule has 0 spiro atoms. The van der Waals surface area contributed by atoms with Crippen molar-refractivity contribution in [2.24, 2.45) is 5.73 Å². The van der Waals surface area contributed by atoms with Crippen LogP contribution in [0.15, 0.2) is 48.6 Å². The maximum atomic E-state index is 12.6.